The Balaban J connectivity index is 2.03. The summed E-state index contributed by atoms with van der Waals surface area (Å²) in [5.74, 6) is -0.0481. The van der Waals surface area contributed by atoms with E-state index in [0.717, 1.165) is 16.6 Å². The number of esters is 1. The number of aliphatic hydroxyl groups is 1. The maximum Gasteiger partial charge on any atom is 0.335 e. The number of benzene rings is 2. The van der Waals surface area contributed by atoms with Crippen molar-refractivity contribution in [1.82, 2.24) is 15.0 Å². The van der Waals surface area contributed by atoms with Crippen LogP contribution in [-0.4, -0.2) is 32.7 Å². The van der Waals surface area contributed by atoms with Crippen LogP contribution in [0, 0.1) is 0 Å². The molecule has 1 N–H and O–H groups in total. The second-order valence-electron chi connectivity index (χ2n) is 5.16. The third-order valence-electron chi connectivity index (χ3n) is 3.46. The molecular weight excluding hydrogens is 306 g/mol. The van der Waals surface area contributed by atoms with Crippen LogP contribution in [0.15, 0.2) is 54.6 Å². The minimum Gasteiger partial charge on any atom is -0.423 e. The predicted octanol–water partition coefficient (Wildman–Crippen LogP) is 2.44. The van der Waals surface area contributed by atoms with E-state index in [-0.39, 0.29) is 6.61 Å². The number of ether oxygens (including phenoxy) is 1. The highest BCUT2D eigenvalue weighted by Crippen LogP contribution is 2.23. The van der Waals surface area contributed by atoms with Gasteiger partial charge in [-0.15, -0.1) is 15.0 Å². The second-order valence-corrected chi connectivity index (χ2v) is 5.16. The van der Waals surface area contributed by atoms with E-state index in [1.54, 1.807) is 31.2 Å². The Labute approximate surface area is 139 Å². The van der Waals surface area contributed by atoms with Crippen LogP contribution in [0.25, 0.3) is 16.7 Å². The van der Waals surface area contributed by atoms with Gasteiger partial charge >= 0.3 is 5.97 Å². The number of aliphatic hydroxyl groups excluding tert-OH is 1. The fraction of sp³-hybridized carbons (Fsp3) is 0.167. The third kappa shape index (κ3) is 3.33. The van der Waals surface area contributed by atoms with Crippen LogP contribution in [-0.2, 0) is 11.2 Å². The molecule has 3 rings (SSSR count). The van der Waals surface area contributed by atoms with Crippen molar-refractivity contribution in [3.05, 3.63) is 60.2 Å². The standard InChI is InChI=1S/C18H17N3O3/c1-2-5-18(23)24-14-9-8-13(10-11-22)17(12-14)21-19-15-6-3-4-7-16(15)20-21/h2-9,12,22H,10-11H2,1H3. The maximum atomic E-state index is 11.6. The summed E-state index contributed by atoms with van der Waals surface area (Å²) in [7, 11) is 0. The molecule has 6 heteroatoms. The van der Waals surface area contributed by atoms with Gasteiger partial charge in [-0.25, -0.2) is 4.79 Å². The summed E-state index contributed by atoms with van der Waals surface area (Å²) < 4.78 is 5.27. The highest BCUT2D eigenvalue weighted by atomic mass is 16.5. The van der Waals surface area contributed by atoms with Crippen molar-refractivity contribution in [2.75, 3.05) is 6.61 Å². The van der Waals surface area contributed by atoms with E-state index in [1.165, 1.54) is 10.9 Å². The van der Waals surface area contributed by atoms with Gasteiger partial charge in [0.2, 0.25) is 0 Å². The molecule has 6 nitrogen and oxygen atoms in total. The molecule has 3 aromatic rings. The minimum atomic E-state index is -0.447. The monoisotopic (exact) mass is 323 g/mol. The first-order valence-electron chi connectivity index (χ1n) is 7.62. The van der Waals surface area contributed by atoms with Crippen LogP contribution in [0.4, 0.5) is 0 Å². The molecule has 0 aliphatic heterocycles. The number of fused-ring (bicyclic) bond motifs is 1. The molecule has 1 aromatic heterocycles. The Hall–Kier alpha value is -2.99. The minimum absolute atomic E-state index is 0.00545. The topological polar surface area (TPSA) is 77.2 Å². The van der Waals surface area contributed by atoms with Gasteiger partial charge in [-0.2, -0.15) is 0 Å². The quantitative estimate of drug-likeness (QED) is 0.443. The van der Waals surface area contributed by atoms with E-state index in [0.29, 0.717) is 17.9 Å². The van der Waals surface area contributed by atoms with Gasteiger partial charge in [-0.3, -0.25) is 0 Å². The lowest BCUT2D eigenvalue weighted by Gasteiger charge is -2.10. The number of carbonyl (C=O) groups is 1. The molecule has 2 aromatic carbocycles. The average molecular weight is 323 g/mol. The fourth-order valence-corrected chi connectivity index (χ4v) is 2.38. The van der Waals surface area contributed by atoms with Gasteiger partial charge in [-0.1, -0.05) is 24.3 Å². The molecule has 0 aliphatic carbocycles. The fourth-order valence-electron chi connectivity index (χ4n) is 2.38. The molecule has 0 spiro atoms. The zero-order valence-electron chi connectivity index (χ0n) is 13.2. The Kier molecular flexibility index (Phi) is 4.67. The summed E-state index contributed by atoms with van der Waals surface area (Å²) >= 11 is 0. The van der Waals surface area contributed by atoms with E-state index in [4.69, 9.17) is 4.74 Å². The number of hydrogen-bond acceptors (Lipinski definition) is 5. The highest BCUT2D eigenvalue weighted by Gasteiger charge is 2.12. The van der Waals surface area contributed by atoms with Gasteiger partial charge in [0.05, 0.1) is 5.69 Å². The van der Waals surface area contributed by atoms with Crippen LogP contribution >= 0.6 is 0 Å². The summed E-state index contributed by atoms with van der Waals surface area (Å²) in [6.45, 7) is 1.75. The zero-order valence-corrected chi connectivity index (χ0v) is 13.2. The molecule has 0 fully saturated rings. The normalized spacial score (nSPS) is 11.2. The van der Waals surface area contributed by atoms with Crippen LogP contribution in [0.5, 0.6) is 5.75 Å². The zero-order chi connectivity index (χ0) is 16.9. The molecule has 0 radical (unpaired) electrons. The largest absolute Gasteiger partial charge is 0.423 e. The van der Waals surface area contributed by atoms with Crippen LogP contribution in [0.2, 0.25) is 0 Å². The van der Waals surface area contributed by atoms with Gasteiger partial charge in [0.25, 0.3) is 0 Å². The Morgan fingerprint density at radius 1 is 1.21 bits per heavy atom. The lowest BCUT2D eigenvalue weighted by atomic mass is 10.1. The molecule has 0 amide bonds. The summed E-state index contributed by atoms with van der Waals surface area (Å²) in [4.78, 5) is 13.1. The van der Waals surface area contributed by atoms with E-state index in [9.17, 15) is 9.90 Å². The smallest absolute Gasteiger partial charge is 0.335 e. The van der Waals surface area contributed by atoms with Crippen LogP contribution in [0.3, 0.4) is 0 Å². The van der Waals surface area contributed by atoms with Crippen molar-refractivity contribution in [2.45, 2.75) is 13.3 Å². The predicted molar refractivity (Wildman–Crippen MR) is 90.1 cm³/mol. The molecule has 0 saturated carbocycles. The van der Waals surface area contributed by atoms with Gasteiger partial charge < -0.3 is 9.84 Å². The maximum absolute atomic E-state index is 11.6. The van der Waals surface area contributed by atoms with E-state index in [1.807, 2.05) is 24.3 Å². The van der Waals surface area contributed by atoms with Crippen molar-refractivity contribution in [1.29, 1.82) is 0 Å². The van der Waals surface area contributed by atoms with Gasteiger partial charge in [0, 0.05) is 18.7 Å². The molecule has 0 atom stereocenters. The number of aromatic nitrogens is 3. The lowest BCUT2D eigenvalue weighted by molar-refractivity contribution is -0.129. The summed E-state index contributed by atoms with van der Waals surface area (Å²) in [5, 5.41) is 18.2. The van der Waals surface area contributed by atoms with Crippen LogP contribution < -0.4 is 4.74 Å². The SMILES string of the molecule is CC=CC(=O)Oc1ccc(CCO)c(-n2nc3ccccc3n2)c1. The molecule has 0 bridgehead atoms. The highest BCUT2D eigenvalue weighted by molar-refractivity contribution is 5.84. The number of nitrogens with zero attached hydrogens (tertiary/aromatic N) is 3. The Bertz CT molecular complexity index is 866. The molecular formula is C18H17N3O3. The van der Waals surface area contributed by atoms with Gasteiger partial charge in [0.15, 0.2) is 0 Å². The Morgan fingerprint density at radius 2 is 1.92 bits per heavy atom. The van der Waals surface area contributed by atoms with Crippen molar-refractivity contribution in [3.63, 3.8) is 0 Å². The first-order chi connectivity index (χ1) is 11.7. The molecule has 122 valence electrons. The second kappa shape index (κ2) is 7.06. The van der Waals surface area contributed by atoms with Crippen molar-refractivity contribution in [3.8, 4) is 11.4 Å². The van der Waals surface area contributed by atoms with Gasteiger partial charge in [-0.05, 0) is 37.1 Å². The van der Waals surface area contributed by atoms with Crippen molar-refractivity contribution >= 4 is 17.0 Å². The number of rotatable bonds is 5. The van der Waals surface area contributed by atoms with E-state index < -0.39 is 5.97 Å². The summed E-state index contributed by atoms with van der Waals surface area (Å²) in [5.41, 5.74) is 3.07. The summed E-state index contributed by atoms with van der Waals surface area (Å²) in [6, 6.07) is 12.7. The lowest BCUT2D eigenvalue weighted by Crippen LogP contribution is -2.08. The van der Waals surface area contributed by atoms with Gasteiger partial charge in [0.1, 0.15) is 16.8 Å². The molecule has 0 saturated heterocycles. The first kappa shape index (κ1) is 15.9. The van der Waals surface area contributed by atoms with Crippen molar-refractivity contribution < 1.29 is 14.6 Å². The van der Waals surface area contributed by atoms with E-state index >= 15 is 0 Å². The number of hydrogen-bond donors (Lipinski definition) is 1. The average Bonchev–Trinajstić information content (AvgIpc) is 3.00. The number of carbonyl (C=O) groups excluding carboxylic acids is 1. The van der Waals surface area contributed by atoms with Crippen molar-refractivity contribution in [2.24, 2.45) is 0 Å². The molecule has 0 unspecified atom stereocenters. The molecule has 1 heterocycles. The van der Waals surface area contributed by atoms with E-state index in [2.05, 4.69) is 10.2 Å². The van der Waals surface area contributed by atoms with Crippen LogP contribution in [0.1, 0.15) is 12.5 Å². The summed E-state index contributed by atoms with van der Waals surface area (Å²) in [6.07, 6.45) is 3.42. The number of allylic oxidation sites excluding steroid dienone is 1. The molecule has 0 aliphatic rings. The third-order valence-corrected chi connectivity index (χ3v) is 3.46. The Morgan fingerprint density at radius 3 is 2.54 bits per heavy atom. The molecule has 24 heavy (non-hydrogen) atoms. The first-order valence-corrected chi connectivity index (χ1v) is 7.62.